The maximum absolute atomic E-state index is 12.0. The van der Waals surface area contributed by atoms with Crippen LogP contribution in [0.3, 0.4) is 0 Å². The van der Waals surface area contributed by atoms with Gasteiger partial charge in [-0.05, 0) is 33.3 Å². The number of amides is 1. The summed E-state index contributed by atoms with van der Waals surface area (Å²) < 4.78 is 5.33. The van der Waals surface area contributed by atoms with E-state index in [1.54, 1.807) is 7.05 Å². The summed E-state index contributed by atoms with van der Waals surface area (Å²) in [4.78, 5) is 18.1. The Labute approximate surface area is 186 Å². The molecule has 8 heteroatoms. The number of halogens is 1. The molecule has 1 rings (SSSR count). The first-order valence-corrected chi connectivity index (χ1v) is 9.39. The highest BCUT2D eigenvalue weighted by atomic mass is 127. The Hall–Kier alpha value is -1.55. The van der Waals surface area contributed by atoms with Gasteiger partial charge in [-0.2, -0.15) is 0 Å². The Morgan fingerprint density at radius 2 is 1.89 bits per heavy atom. The lowest BCUT2D eigenvalue weighted by Crippen LogP contribution is -2.43. The molecule has 0 aliphatic heterocycles. The first-order valence-electron chi connectivity index (χ1n) is 9.39. The van der Waals surface area contributed by atoms with Crippen molar-refractivity contribution >= 4 is 36.0 Å². The zero-order chi connectivity index (χ0) is 20.3. The standard InChI is InChI=1S/C20H34N4O3.HI/c1-6-21-18(22-12-13-24(5)19(26)27-20(2,3)4)23-14-17(15-25)16-10-8-7-9-11-16;/h7-11,17,25H,6,12-15H2,1-5H3,(H2,21,22,23);1H. The van der Waals surface area contributed by atoms with E-state index in [0.717, 1.165) is 12.1 Å². The van der Waals surface area contributed by atoms with Gasteiger partial charge in [-0.3, -0.25) is 4.99 Å². The molecule has 1 unspecified atom stereocenters. The van der Waals surface area contributed by atoms with Crippen LogP contribution >= 0.6 is 24.0 Å². The second-order valence-electron chi connectivity index (χ2n) is 7.34. The number of carbonyl (C=O) groups excluding carboxylic acids is 1. The Morgan fingerprint density at radius 3 is 2.43 bits per heavy atom. The zero-order valence-corrected chi connectivity index (χ0v) is 19.9. The van der Waals surface area contributed by atoms with Gasteiger partial charge < -0.3 is 25.4 Å². The van der Waals surface area contributed by atoms with Gasteiger partial charge in [-0.1, -0.05) is 30.3 Å². The van der Waals surface area contributed by atoms with Gasteiger partial charge in [0, 0.05) is 32.6 Å². The maximum atomic E-state index is 12.0. The van der Waals surface area contributed by atoms with Crippen LogP contribution in [0.5, 0.6) is 0 Å². The van der Waals surface area contributed by atoms with Crippen molar-refractivity contribution in [1.29, 1.82) is 0 Å². The molecular formula is C20H35IN4O3. The molecule has 1 aromatic rings. The van der Waals surface area contributed by atoms with Crippen molar-refractivity contribution < 1.29 is 14.6 Å². The monoisotopic (exact) mass is 506 g/mol. The number of aliphatic hydroxyl groups excluding tert-OH is 1. The van der Waals surface area contributed by atoms with Gasteiger partial charge in [0.15, 0.2) is 5.96 Å². The molecule has 0 aromatic heterocycles. The fourth-order valence-corrected chi connectivity index (χ4v) is 2.31. The first kappa shape index (κ1) is 26.4. The van der Waals surface area contributed by atoms with Crippen LogP contribution in [0.1, 0.15) is 39.2 Å². The summed E-state index contributed by atoms with van der Waals surface area (Å²) in [5.41, 5.74) is 0.551. The lowest BCUT2D eigenvalue weighted by atomic mass is 10.0. The van der Waals surface area contributed by atoms with Crippen molar-refractivity contribution in [2.45, 2.75) is 39.2 Å². The minimum Gasteiger partial charge on any atom is -0.444 e. The van der Waals surface area contributed by atoms with E-state index < -0.39 is 5.60 Å². The largest absolute Gasteiger partial charge is 0.444 e. The van der Waals surface area contributed by atoms with E-state index in [4.69, 9.17) is 4.74 Å². The molecule has 1 aromatic carbocycles. The maximum Gasteiger partial charge on any atom is 0.410 e. The minimum absolute atomic E-state index is 0. The lowest BCUT2D eigenvalue weighted by Gasteiger charge is -2.25. The molecule has 0 heterocycles. The summed E-state index contributed by atoms with van der Waals surface area (Å²) in [5, 5.41) is 16.0. The molecular weight excluding hydrogens is 471 g/mol. The van der Waals surface area contributed by atoms with Crippen LogP contribution in [-0.2, 0) is 4.74 Å². The topological polar surface area (TPSA) is 86.2 Å². The number of ether oxygens (including phenoxy) is 1. The van der Waals surface area contributed by atoms with E-state index in [0.29, 0.717) is 25.6 Å². The van der Waals surface area contributed by atoms with Crippen molar-refractivity contribution in [2.75, 3.05) is 39.8 Å². The van der Waals surface area contributed by atoms with Gasteiger partial charge in [-0.25, -0.2) is 4.79 Å². The third kappa shape index (κ3) is 10.7. The molecule has 3 N–H and O–H groups in total. The molecule has 0 radical (unpaired) electrons. The van der Waals surface area contributed by atoms with Crippen LogP contribution < -0.4 is 10.6 Å². The number of hydrogen-bond donors (Lipinski definition) is 3. The molecule has 0 bridgehead atoms. The minimum atomic E-state index is -0.508. The van der Waals surface area contributed by atoms with Crippen molar-refractivity contribution in [3.05, 3.63) is 35.9 Å². The van der Waals surface area contributed by atoms with E-state index in [1.807, 2.05) is 58.0 Å². The predicted molar refractivity (Wildman–Crippen MR) is 125 cm³/mol. The summed E-state index contributed by atoms with van der Waals surface area (Å²) in [7, 11) is 1.71. The Kier molecular flexibility index (Phi) is 12.8. The normalized spacial score (nSPS) is 12.6. The molecule has 1 atom stereocenters. The van der Waals surface area contributed by atoms with Gasteiger partial charge in [0.05, 0.1) is 13.2 Å². The zero-order valence-electron chi connectivity index (χ0n) is 17.6. The van der Waals surface area contributed by atoms with Gasteiger partial charge in [0.2, 0.25) is 0 Å². The third-order valence-electron chi connectivity index (χ3n) is 3.75. The SMILES string of the molecule is CCNC(=NCC(CO)c1ccccc1)NCCN(C)C(=O)OC(C)(C)C.I. The van der Waals surface area contributed by atoms with Crippen LogP contribution in [0, 0.1) is 0 Å². The van der Waals surface area contributed by atoms with Gasteiger partial charge in [0.1, 0.15) is 5.60 Å². The Balaban J connectivity index is 0.00000729. The molecule has 28 heavy (non-hydrogen) atoms. The van der Waals surface area contributed by atoms with Gasteiger partial charge in [0.25, 0.3) is 0 Å². The number of carbonyl (C=O) groups is 1. The van der Waals surface area contributed by atoms with Crippen LogP contribution in [-0.4, -0.2) is 67.5 Å². The van der Waals surface area contributed by atoms with E-state index >= 15 is 0 Å². The number of benzene rings is 1. The number of rotatable bonds is 8. The molecule has 0 aliphatic rings. The van der Waals surface area contributed by atoms with Crippen molar-refractivity contribution in [1.82, 2.24) is 15.5 Å². The number of nitrogens with zero attached hydrogens (tertiary/aromatic N) is 2. The fraction of sp³-hybridized carbons (Fsp3) is 0.600. The van der Waals surface area contributed by atoms with Crippen LogP contribution in [0.25, 0.3) is 0 Å². The summed E-state index contributed by atoms with van der Waals surface area (Å²) in [6.07, 6.45) is -0.351. The van der Waals surface area contributed by atoms with Crippen molar-refractivity contribution in [3.8, 4) is 0 Å². The third-order valence-corrected chi connectivity index (χ3v) is 3.75. The first-order chi connectivity index (χ1) is 12.8. The van der Waals surface area contributed by atoms with E-state index in [2.05, 4.69) is 15.6 Å². The number of likely N-dealkylation sites (N-methyl/N-ethyl adjacent to an activating group) is 1. The molecule has 0 saturated heterocycles. The fourth-order valence-electron chi connectivity index (χ4n) is 2.31. The number of guanidine groups is 1. The van der Waals surface area contributed by atoms with Crippen molar-refractivity contribution in [3.63, 3.8) is 0 Å². The molecule has 7 nitrogen and oxygen atoms in total. The number of hydrogen-bond acceptors (Lipinski definition) is 4. The molecule has 0 spiro atoms. The van der Waals surface area contributed by atoms with Crippen molar-refractivity contribution in [2.24, 2.45) is 4.99 Å². The number of nitrogens with one attached hydrogen (secondary N) is 2. The molecule has 160 valence electrons. The quantitative estimate of drug-likeness (QED) is 0.287. The smallest absolute Gasteiger partial charge is 0.410 e. The molecule has 0 fully saturated rings. The predicted octanol–water partition coefficient (Wildman–Crippen LogP) is 2.80. The lowest BCUT2D eigenvalue weighted by molar-refractivity contribution is 0.0302. The number of aliphatic imine (C=N–C) groups is 1. The molecule has 0 aliphatic carbocycles. The number of aliphatic hydroxyl groups is 1. The van der Waals surface area contributed by atoms with Crippen LogP contribution in [0.2, 0.25) is 0 Å². The highest BCUT2D eigenvalue weighted by Gasteiger charge is 2.19. The van der Waals surface area contributed by atoms with Crippen LogP contribution in [0.15, 0.2) is 35.3 Å². The van der Waals surface area contributed by atoms with Gasteiger partial charge >= 0.3 is 6.09 Å². The summed E-state index contributed by atoms with van der Waals surface area (Å²) >= 11 is 0. The summed E-state index contributed by atoms with van der Waals surface area (Å²) in [6.45, 7) is 9.78. The average Bonchev–Trinajstić information content (AvgIpc) is 2.61. The summed E-state index contributed by atoms with van der Waals surface area (Å²) in [5.74, 6) is 0.607. The van der Waals surface area contributed by atoms with E-state index in [9.17, 15) is 9.90 Å². The molecule has 1 amide bonds. The Bertz CT molecular complexity index is 591. The highest BCUT2D eigenvalue weighted by molar-refractivity contribution is 14.0. The summed E-state index contributed by atoms with van der Waals surface area (Å²) in [6, 6.07) is 9.85. The van der Waals surface area contributed by atoms with Crippen LogP contribution in [0.4, 0.5) is 4.79 Å². The second-order valence-corrected chi connectivity index (χ2v) is 7.34. The molecule has 0 saturated carbocycles. The van der Waals surface area contributed by atoms with E-state index in [-0.39, 0.29) is 42.6 Å². The highest BCUT2D eigenvalue weighted by Crippen LogP contribution is 2.14. The Morgan fingerprint density at radius 1 is 1.25 bits per heavy atom. The second kappa shape index (κ2) is 13.6. The van der Waals surface area contributed by atoms with E-state index in [1.165, 1.54) is 4.90 Å². The van der Waals surface area contributed by atoms with Gasteiger partial charge in [-0.15, -0.1) is 24.0 Å². The average molecular weight is 506 g/mol.